The number of hydrogen-bond donors (Lipinski definition) is 1. The van der Waals surface area contributed by atoms with Crippen LogP contribution in [0.5, 0.6) is 0 Å². The van der Waals surface area contributed by atoms with E-state index in [1.165, 1.54) is 0 Å². The predicted molar refractivity (Wildman–Crippen MR) is 90.8 cm³/mol. The Morgan fingerprint density at radius 1 is 1.25 bits per heavy atom. The average molecular weight is 329 g/mol. The van der Waals surface area contributed by atoms with Crippen LogP contribution in [0.3, 0.4) is 0 Å². The van der Waals surface area contributed by atoms with Gasteiger partial charge in [0.05, 0.1) is 6.61 Å². The maximum absolute atomic E-state index is 12.7. The van der Waals surface area contributed by atoms with E-state index in [0.29, 0.717) is 18.6 Å². The van der Waals surface area contributed by atoms with Crippen LogP contribution in [-0.2, 0) is 4.79 Å². The molecule has 1 aliphatic carbocycles. The van der Waals surface area contributed by atoms with Gasteiger partial charge in [0.2, 0.25) is 5.91 Å². The number of anilines is 1. The Balaban J connectivity index is 1.40. The molecule has 2 fully saturated rings. The average Bonchev–Trinajstić information content (AvgIpc) is 3.37. The van der Waals surface area contributed by atoms with Crippen molar-refractivity contribution in [3.05, 3.63) is 24.3 Å². The molecule has 6 nitrogen and oxygen atoms in total. The molecule has 1 N–H and O–H groups in total. The van der Waals surface area contributed by atoms with Crippen molar-refractivity contribution in [2.45, 2.75) is 31.7 Å². The number of amides is 1. The van der Waals surface area contributed by atoms with Crippen LogP contribution < -0.4 is 4.90 Å². The van der Waals surface area contributed by atoms with Crippen molar-refractivity contribution in [1.29, 1.82) is 0 Å². The second-order valence-corrected chi connectivity index (χ2v) is 6.71. The first kappa shape index (κ1) is 15.4. The number of carbonyl (C=O) groups is 1. The first-order valence-corrected chi connectivity index (χ1v) is 8.78. The van der Waals surface area contributed by atoms with Gasteiger partial charge in [0.1, 0.15) is 5.52 Å². The van der Waals surface area contributed by atoms with Gasteiger partial charge in [-0.2, -0.15) is 4.98 Å². The number of aliphatic hydroxyl groups is 1. The zero-order valence-corrected chi connectivity index (χ0v) is 13.7. The second kappa shape index (κ2) is 6.43. The van der Waals surface area contributed by atoms with Gasteiger partial charge >= 0.3 is 0 Å². The molecule has 128 valence electrons. The molecule has 4 rings (SSSR count). The van der Waals surface area contributed by atoms with Gasteiger partial charge in [-0.05, 0) is 37.8 Å². The molecule has 1 aromatic heterocycles. The van der Waals surface area contributed by atoms with Gasteiger partial charge < -0.3 is 19.3 Å². The van der Waals surface area contributed by atoms with E-state index in [2.05, 4.69) is 9.88 Å². The molecule has 1 saturated heterocycles. The highest BCUT2D eigenvalue weighted by Gasteiger charge is 2.37. The molecule has 1 saturated carbocycles. The van der Waals surface area contributed by atoms with Gasteiger partial charge in [-0.3, -0.25) is 4.79 Å². The zero-order valence-electron chi connectivity index (χ0n) is 13.7. The van der Waals surface area contributed by atoms with E-state index in [4.69, 9.17) is 4.42 Å². The van der Waals surface area contributed by atoms with Crippen LogP contribution in [-0.4, -0.2) is 53.2 Å². The predicted octanol–water partition coefficient (Wildman–Crippen LogP) is 2.03. The van der Waals surface area contributed by atoms with Crippen LogP contribution in [0, 0.1) is 5.92 Å². The van der Waals surface area contributed by atoms with Gasteiger partial charge in [0.15, 0.2) is 5.58 Å². The number of rotatable bonds is 5. The molecule has 0 unspecified atom stereocenters. The molecule has 6 heteroatoms. The third-order valence-electron chi connectivity index (χ3n) is 5.01. The minimum absolute atomic E-state index is 0.0456. The van der Waals surface area contributed by atoms with E-state index in [-0.39, 0.29) is 18.4 Å². The molecule has 0 atom stereocenters. The number of hydrogen-bond acceptors (Lipinski definition) is 5. The number of carbonyl (C=O) groups excluding carboxylic acids is 1. The lowest BCUT2D eigenvalue weighted by molar-refractivity contribution is -0.137. The monoisotopic (exact) mass is 329 g/mol. The molecule has 1 aliphatic heterocycles. The standard InChI is InChI=1S/C18H23N3O3/c22-12-11-21(14-5-6-14)17(23)13-7-9-20(10-8-13)18-19-15-3-1-2-4-16(15)24-18/h1-4,13-14,22H,5-12H2. The maximum atomic E-state index is 12.7. The van der Waals surface area contributed by atoms with Crippen LogP contribution in [0.4, 0.5) is 6.01 Å². The lowest BCUT2D eigenvalue weighted by Gasteiger charge is -2.33. The molecule has 1 amide bonds. The van der Waals surface area contributed by atoms with Gasteiger partial charge in [-0.15, -0.1) is 0 Å². The van der Waals surface area contributed by atoms with E-state index in [1.54, 1.807) is 0 Å². The summed E-state index contributed by atoms with van der Waals surface area (Å²) in [6.45, 7) is 2.07. The number of nitrogens with zero attached hydrogens (tertiary/aromatic N) is 3. The summed E-state index contributed by atoms with van der Waals surface area (Å²) in [6, 6.07) is 8.77. The number of benzene rings is 1. The molecule has 0 radical (unpaired) electrons. The van der Waals surface area contributed by atoms with Gasteiger partial charge in [0, 0.05) is 31.6 Å². The van der Waals surface area contributed by atoms with Crippen molar-refractivity contribution in [2.75, 3.05) is 31.1 Å². The molecule has 2 aliphatic rings. The van der Waals surface area contributed by atoms with Crippen molar-refractivity contribution in [1.82, 2.24) is 9.88 Å². The molecular weight excluding hydrogens is 306 g/mol. The lowest BCUT2D eigenvalue weighted by Crippen LogP contribution is -2.44. The van der Waals surface area contributed by atoms with Gasteiger partial charge in [-0.25, -0.2) is 0 Å². The smallest absolute Gasteiger partial charge is 0.298 e. The topological polar surface area (TPSA) is 69.8 Å². The van der Waals surface area contributed by atoms with E-state index in [9.17, 15) is 9.90 Å². The number of aromatic nitrogens is 1. The normalized spacial score (nSPS) is 19.0. The second-order valence-electron chi connectivity index (χ2n) is 6.71. The molecule has 24 heavy (non-hydrogen) atoms. The number of aliphatic hydroxyl groups excluding tert-OH is 1. The molecule has 2 aromatic rings. The highest BCUT2D eigenvalue weighted by molar-refractivity contribution is 5.80. The first-order chi connectivity index (χ1) is 11.8. The number of para-hydroxylation sites is 2. The molecule has 1 aromatic carbocycles. The van der Waals surface area contributed by atoms with Gasteiger partial charge in [-0.1, -0.05) is 12.1 Å². The number of fused-ring (bicyclic) bond motifs is 1. The van der Waals surface area contributed by atoms with Crippen LogP contribution >= 0.6 is 0 Å². The molecule has 0 spiro atoms. The lowest BCUT2D eigenvalue weighted by atomic mass is 9.95. The zero-order chi connectivity index (χ0) is 16.5. The highest BCUT2D eigenvalue weighted by atomic mass is 16.4. The van der Waals surface area contributed by atoms with Crippen LogP contribution in [0.15, 0.2) is 28.7 Å². The third-order valence-corrected chi connectivity index (χ3v) is 5.01. The Morgan fingerprint density at radius 3 is 2.67 bits per heavy atom. The summed E-state index contributed by atoms with van der Waals surface area (Å²) in [4.78, 5) is 21.3. The van der Waals surface area contributed by atoms with E-state index < -0.39 is 0 Å². The van der Waals surface area contributed by atoms with Crippen molar-refractivity contribution >= 4 is 23.0 Å². The minimum atomic E-state index is 0.0456. The summed E-state index contributed by atoms with van der Waals surface area (Å²) in [7, 11) is 0. The highest BCUT2D eigenvalue weighted by Crippen LogP contribution is 2.31. The fourth-order valence-corrected chi connectivity index (χ4v) is 3.51. The molecule has 0 bridgehead atoms. The summed E-state index contributed by atoms with van der Waals surface area (Å²) in [5.41, 5.74) is 1.67. The summed E-state index contributed by atoms with van der Waals surface area (Å²) < 4.78 is 5.82. The largest absolute Gasteiger partial charge is 0.423 e. The van der Waals surface area contributed by atoms with Crippen LogP contribution in [0.1, 0.15) is 25.7 Å². The van der Waals surface area contributed by atoms with Crippen molar-refractivity contribution < 1.29 is 14.3 Å². The first-order valence-electron chi connectivity index (χ1n) is 8.78. The summed E-state index contributed by atoms with van der Waals surface area (Å²) in [6.07, 6.45) is 3.78. The number of piperidine rings is 1. The third kappa shape index (κ3) is 2.98. The fourth-order valence-electron chi connectivity index (χ4n) is 3.51. The Morgan fingerprint density at radius 2 is 2.00 bits per heavy atom. The van der Waals surface area contributed by atoms with Crippen molar-refractivity contribution in [2.24, 2.45) is 5.92 Å². The Labute approximate surface area is 141 Å². The van der Waals surface area contributed by atoms with E-state index in [1.807, 2.05) is 29.2 Å². The van der Waals surface area contributed by atoms with Gasteiger partial charge in [0.25, 0.3) is 6.01 Å². The molecule has 2 heterocycles. The van der Waals surface area contributed by atoms with Crippen molar-refractivity contribution in [3.63, 3.8) is 0 Å². The molecular formula is C18H23N3O3. The fraction of sp³-hybridized carbons (Fsp3) is 0.556. The quantitative estimate of drug-likeness (QED) is 0.909. The van der Waals surface area contributed by atoms with Crippen LogP contribution in [0.2, 0.25) is 0 Å². The Hall–Kier alpha value is -2.08. The maximum Gasteiger partial charge on any atom is 0.298 e. The Kier molecular flexibility index (Phi) is 4.14. The summed E-state index contributed by atoms with van der Waals surface area (Å²) >= 11 is 0. The van der Waals surface area contributed by atoms with Crippen LogP contribution in [0.25, 0.3) is 11.1 Å². The summed E-state index contributed by atoms with van der Waals surface area (Å²) in [5.74, 6) is 0.265. The van der Waals surface area contributed by atoms with E-state index >= 15 is 0 Å². The van der Waals surface area contributed by atoms with E-state index in [0.717, 1.165) is 49.9 Å². The Bertz CT molecular complexity index is 684. The van der Waals surface area contributed by atoms with Crippen molar-refractivity contribution in [3.8, 4) is 0 Å². The summed E-state index contributed by atoms with van der Waals surface area (Å²) in [5, 5.41) is 9.20. The SMILES string of the molecule is O=C(C1CCN(c2nc3ccccc3o2)CC1)N(CCO)C1CC1. The number of oxazole rings is 1. The minimum Gasteiger partial charge on any atom is -0.423 e.